The predicted octanol–water partition coefficient (Wildman–Crippen LogP) is 6.01. The lowest BCUT2D eigenvalue weighted by Gasteiger charge is -2.23. The van der Waals surface area contributed by atoms with Crippen LogP contribution >= 0.6 is 10.9 Å². The van der Waals surface area contributed by atoms with Gasteiger partial charge in [0.05, 0.1) is 0 Å². The maximum atomic E-state index is 13.3. The lowest BCUT2D eigenvalue weighted by Crippen LogP contribution is -1.90. The molecular weight excluding hydrogens is 310 g/mol. The van der Waals surface area contributed by atoms with Crippen LogP contribution in [0, 0.1) is 11.6 Å². The molecule has 3 rings (SSSR count). The van der Waals surface area contributed by atoms with E-state index in [-0.39, 0.29) is 11.6 Å². The lowest BCUT2D eigenvalue weighted by atomic mass is 10.2. The molecule has 0 unspecified atom stereocenters. The van der Waals surface area contributed by atoms with E-state index in [1.54, 1.807) is 0 Å². The van der Waals surface area contributed by atoms with E-state index in [2.05, 4.69) is 31.2 Å². The first-order valence-electron chi connectivity index (χ1n) is 7.57. The van der Waals surface area contributed by atoms with Crippen LogP contribution in [0.5, 0.6) is 0 Å². The molecule has 23 heavy (non-hydrogen) atoms. The molecule has 0 N–H and O–H groups in total. The second-order valence-corrected chi connectivity index (χ2v) is 7.53. The van der Waals surface area contributed by atoms with E-state index in [4.69, 9.17) is 0 Å². The van der Waals surface area contributed by atoms with Gasteiger partial charge in [-0.1, -0.05) is 19.1 Å². The summed E-state index contributed by atoms with van der Waals surface area (Å²) in [5, 5.41) is 0. The van der Waals surface area contributed by atoms with E-state index in [0.717, 1.165) is 16.2 Å². The zero-order valence-corrected chi connectivity index (χ0v) is 13.7. The molecule has 0 aromatic heterocycles. The molecule has 3 aromatic carbocycles. The minimum absolute atomic E-state index is 0.246. The summed E-state index contributed by atoms with van der Waals surface area (Å²) in [5.74, 6) is -0.492. The highest BCUT2D eigenvalue weighted by atomic mass is 32.2. The summed E-state index contributed by atoms with van der Waals surface area (Å²) in [7, 11) is -0.821. The zero-order chi connectivity index (χ0) is 16.2. The van der Waals surface area contributed by atoms with Crippen molar-refractivity contribution in [1.29, 1.82) is 0 Å². The Balaban J connectivity index is 2.08. The van der Waals surface area contributed by atoms with Crippen LogP contribution in [0.4, 0.5) is 8.78 Å². The molecule has 0 aliphatic rings. The third-order valence-corrected chi connectivity index (χ3v) is 6.22. The topological polar surface area (TPSA) is 0 Å². The summed E-state index contributed by atoms with van der Waals surface area (Å²) >= 11 is 0. The standard InChI is InChI=1S/C20H18F2S/c1-2-15-3-9-18(10-4-15)23(19-11-5-16(21)6-12-19)20-13-7-17(22)8-14-20/h3-14,23H,2H2,1H3. The summed E-state index contributed by atoms with van der Waals surface area (Å²) in [6.07, 6.45) is 0.991. The van der Waals surface area contributed by atoms with Crippen LogP contribution in [0.1, 0.15) is 12.5 Å². The van der Waals surface area contributed by atoms with Crippen molar-refractivity contribution >= 4 is 10.9 Å². The fraction of sp³-hybridized carbons (Fsp3) is 0.100. The van der Waals surface area contributed by atoms with Crippen LogP contribution in [-0.2, 0) is 6.42 Å². The normalized spacial score (nSPS) is 11.3. The third kappa shape index (κ3) is 3.62. The second-order valence-electron chi connectivity index (χ2n) is 5.31. The molecule has 0 heterocycles. The van der Waals surface area contributed by atoms with E-state index >= 15 is 0 Å². The Bertz CT molecular complexity index is 717. The van der Waals surface area contributed by atoms with Crippen molar-refractivity contribution in [3.05, 3.63) is 90.0 Å². The summed E-state index contributed by atoms with van der Waals surface area (Å²) < 4.78 is 26.5. The first kappa shape index (κ1) is 15.8. The predicted molar refractivity (Wildman–Crippen MR) is 92.4 cm³/mol. The third-order valence-electron chi connectivity index (χ3n) is 3.77. The highest BCUT2D eigenvalue weighted by Crippen LogP contribution is 2.51. The van der Waals surface area contributed by atoms with Gasteiger partial charge in [0.1, 0.15) is 11.6 Å². The molecule has 118 valence electrons. The summed E-state index contributed by atoms with van der Waals surface area (Å²) in [6.45, 7) is 2.12. The van der Waals surface area contributed by atoms with Crippen LogP contribution in [0.15, 0.2) is 87.5 Å². The Morgan fingerprint density at radius 3 is 1.30 bits per heavy atom. The SMILES string of the molecule is CCc1ccc([SH](c2ccc(F)cc2)c2ccc(F)cc2)cc1. The number of aryl methyl sites for hydroxylation is 1. The van der Waals surface area contributed by atoms with E-state index in [1.165, 1.54) is 34.7 Å². The van der Waals surface area contributed by atoms with Gasteiger partial charge in [0.25, 0.3) is 0 Å². The molecule has 0 nitrogen and oxygen atoms in total. The molecule has 0 saturated carbocycles. The Labute approximate surface area is 138 Å². The summed E-state index contributed by atoms with van der Waals surface area (Å²) in [6, 6.07) is 21.7. The maximum Gasteiger partial charge on any atom is 0.123 e. The Morgan fingerprint density at radius 2 is 0.957 bits per heavy atom. The zero-order valence-electron chi connectivity index (χ0n) is 12.8. The second kappa shape index (κ2) is 6.97. The van der Waals surface area contributed by atoms with Crippen LogP contribution < -0.4 is 0 Å². The van der Waals surface area contributed by atoms with E-state index in [1.807, 2.05) is 24.3 Å². The van der Waals surface area contributed by atoms with Crippen molar-refractivity contribution in [3.63, 3.8) is 0 Å². The molecule has 0 aliphatic heterocycles. The fourth-order valence-electron chi connectivity index (χ4n) is 2.51. The molecule has 0 aliphatic carbocycles. The van der Waals surface area contributed by atoms with E-state index in [0.29, 0.717) is 0 Å². The molecule has 0 saturated heterocycles. The highest BCUT2D eigenvalue weighted by Gasteiger charge is 2.13. The fourth-order valence-corrected chi connectivity index (χ4v) is 4.74. The van der Waals surface area contributed by atoms with Crippen molar-refractivity contribution < 1.29 is 8.78 Å². The lowest BCUT2D eigenvalue weighted by molar-refractivity contribution is 0.626. The molecule has 0 amide bonds. The highest BCUT2D eigenvalue weighted by molar-refractivity contribution is 8.17. The molecular formula is C20H18F2S. The number of hydrogen-bond donors (Lipinski definition) is 1. The van der Waals surface area contributed by atoms with Crippen LogP contribution in [0.2, 0.25) is 0 Å². The molecule has 3 aromatic rings. The van der Waals surface area contributed by atoms with Crippen molar-refractivity contribution in [2.75, 3.05) is 0 Å². The van der Waals surface area contributed by atoms with Gasteiger partial charge in [-0.05, 0) is 87.3 Å². The Hall–Kier alpha value is -2.13. The van der Waals surface area contributed by atoms with Crippen molar-refractivity contribution in [2.45, 2.75) is 28.0 Å². The van der Waals surface area contributed by atoms with Gasteiger partial charge in [0, 0.05) is 0 Å². The quantitative estimate of drug-likeness (QED) is 0.557. The summed E-state index contributed by atoms with van der Waals surface area (Å²) in [5.41, 5.74) is 1.28. The first-order valence-corrected chi connectivity index (χ1v) is 8.92. The Morgan fingerprint density at radius 1 is 0.609 bits per heavy atom. The molecule has 0 fully saturated rings. The van der Waals surface area contributed by atoms with Crippen molar-refractivity contribution in [2.24, 2.45) is 0 Å². The molecule has 0 spiro atoms. The Kier molecular flexibility index (Phi) is 4.77. The van der Waals surface area contributed by atoms with Crippen molar-refractivity contribution in [1.82, 2.24) is 0 Å². The monoisotopic (exact) mass is 328 g/mol. The number of hydrogen-bond acceptors (Lipinski definition) is 0. The van der Waals surface area contributed by atoms with Gasteiger partial charge < -0.3 is 0 Å². The van der Waals surface area contributed by atoms with Crippen LogP contribution in [0.3, 0.4) is 0 Å². The van der Waals surface area contributed by atoms with Crippen molar-refractivity contribution in [3.8, 4) is 0 Å². The number of rotatable bonds is 4. The number of thiol groups is 1. The van der Waals surface area contributed by atoms with Crippen LogP contribution in [-0.4, -0.2) is 0 Å². The van der Waals surface area contributed by atoms with Gasteiger partial charge in [-0.2, -0.15) is 10.9 Å². The minimum atomic E-state index is -0.821. The average molecular weight is 328 g/mol. The van der Waals surface area contributed by atoms with Crippen LogP contribution in [0.25, 0.3) is 0 Å². The minimum Gasteiger partial charge on any atom is -0.207 e. The van der Waals surface area contributed by atoms with Gasteiger partial charge >= 0.3 is 0 Å². The van der Waals surface area contributed by atoms with Gasteiger partial charge in [-0.25, -0.2) is 8.78 Å². The molecule has 3 heteroatoms. The van der Waals surface area contributed by atoms with Gasteiger partial charge in [-0.3, -0.25) is 0 Å². The molecule has 0 atom stereocenters. The molecule has 0 bridgehead atoms. The number of benzene rings is 3. The summed E-state index contributed by atoms with van der Waals surface area (Å²) in [4.78, 5) is 3.28. The largest absolute Gasteiger partial charge is 0.207 e. The van der Waals surface area contributed by atoms with Gasteiger partial charge in [0.2, 0.25) is 0 Å². The van der Waals surface area contributed by atoms with Gasteiger partial charge in [-0.15, -0.1) is 0 Å². The first-order chi connectivity index (χ1) is 11.2. The maximum absolute atomic E-state index is 13.3. The van der Waals surface area contributed by atoms with E-state index in [9.17, 15) is 8.78 Å². The number of halogens is 2. The van der Waals surface area contributed by atoms with Gasteiger partial charge in [0.15, 0.2) is 0 Å². The smallest absolute Gasteiger partial charge is 0.123 e. The molecule has 0 radical (unpaired) electrons. The average Bonchev–Trinajstić information content (AvgIpc) is 2.59. The van der Waals surface area contributed by atoms with E-state index < -0.39 is 10.9 Å².